The van der Waals surface area contributed by atoms with Gasteiger partial charge in [-0.25, -0.2) is 22.0 Å². The summed E-state index contributed by atoms with van der Waals surface area (Å²) in [6, 6.07) is 0. The second-order valence-electron chi connectivity index (χ2n) is 2.51. The molecule has 16 heavy (non-hydrogen) atoms. The van der Waals surface area contributed by atoms with E-state index < -0.39 is 39.1 Å². The van der Waals surface area contributed by atoms with Crippen molar-refractivity contribution in [1.29, 1.82) is 0 Å². The predicted octanol–water partition coefficient (Wildman–Crippen LogP) is 3.40. The van der Waals surface area contributed by atoms with Crippen LogP contribution >= 0.6 is 27.7 Å². The summed E-state index contributed by atoms with van der Waals surface area (Å²) in [4.78, 5) is 9.64. The lowest BCUT2D eigenvalue weighted by Crippen LogP contribution is -2.05. The summed E-state index contributed by atoms with van der Waals surface area (Å²) in [5, 5.41) is -1.04. The van der Waals surface area contributed by atoms with E-state index in [1.54, 1.807) is 0 Å². The fourth-order valence-electron chi connectivity index (χ4n) is 0.815. The van der Waals surface area contributed by atoms with Crippen LogP contribution in [0.3, 0.4) is 0 Å². The molecule has 1 rings (SSSR count). The molecule has 0 fully saturated rings. The molecule has 0 aliphatic carbocycles. The highest BCUT2D eigenvalue weighted by Crippen LogP contribution is 2.31. The third-order valence-corrected chi connectivity index (χ3v) is 3.31. The van der Waals surface area contributed by atoms with Gasteiger partial charge in [-0.15, -0.1) is 0 Å². The Balaban J connectivity index is 3.34. The van der Waals surface area contributed by atoms with E-state index in [4.69, 9.17) is 0 Å². The molecule has 1 aromatic rings. The minimum atomic E-state index is -2.24. The van der Waals surface area contributed by atoms with Crippen LogP contribution in [0.25, 0.3) is 0 Å². The molecule has 0 spiro atoms. The fraction of sp³-hybridized carbons (Fsp3) is 0.125. The van der Waals surface area contributed by atoms with Crippen molar-refractivity contribution in [2.45, 2.75) is 4.90 Å². The van der Waals surface area contributed by atoms with Gasteiger partial charge in [-0.3, -0.25) is 4.79 Å². The molecule has 0 radical (unpaired) electrons. The minimum Gasteiger partial charge on any atom is -0.286 e. The van der Waals surface area contributed by atoms with Gasteiger partial charge >= 0.3 is 0 Å². The second-order valence-corrected chi connectivity index (χ2v) is 4.14. The summed E-state index contributed by atoms with van der Waals surface area (Å²) in [6.45, 7) is 0. The number of benzene rings is 1. The van der Waals surface area contributed by atoms with E-state index in [0.29, 0.717) is 0 Å². The summed E-state index contributed by atoms with van der Waals surface area (Å²) in [6.07, 6.45) is 0. The van der Waals surface area contributed by atoms with Crippen molar-refractivity contribution in [3.63, 3.8) is 0 Å². The normalized spacial score (nSPS) is 10.6. The fourth-order valence-corrected chi connectivity index (χ4v) is 1.80. The Morgan fingerprint density at radius 1 is 0.938 bits per heavy atom. The van der Waals surface area contributed by atoms with Crippen molar-refractivity contribution >= 4 is 32.8 Å². The average molecular weight is 321 g/mol. The van der Waals surface area contributed by atoms with Gasteiger partial charge in [-0.2, -0.15) is 0 Å². The smallest absolute Gasteiger partial charge is 0.204 e. The summed E-state index contributed by atoms with van der Waals surface area (Å²) < 4.78 is 63.9. The molecule has 88 valence electrons. The highest BCUT2D eigenvalue weighted by molar-refractivity contribution is 9.09. The lowest BCUT2D eigenvalue weighted by atomic mass is 10.3. The molecular weight excluding hydrogens is 319 g/mol. The van der Waals surface area contributed by atoms with E-state index in [9.17, 15) is 26.7 Å². The van der Waals surface area contributed by atoms with Crippen LogP contribution < -0.4 is 0 Å². The van der Waals surface area contributed by atoms with Gasteiger partial charge in [-0.05, 0) is 11.8 Å². The van der Waals surface area contributed by atoms with Gasteiger partial charge in [0.15, 0.2) is 23.3 Å². The number of hydrogen-bond donors (Lipinski definition) is 0. The molecule has 0 atom stereocenters. The minimum absolute atomic E-state index is 0.0486. The zero-order valence-electron chi connectivity index (χ0n) is 7.29. The van der Waals surface area contributed by atoms with E-state index in [2.05, 4.69) is 15.9 Å². The maximum atomic E-state index is 13.0. The van der Waals surface area contributed by atoms with Crippen LogP contribution in [0.15, 0.2) is 4.90 Å². The van der Waals surface area contributed by atoms with Gasteiger partial charge in [-0.1, -0.05) is 15.9 Å². The number of alkyl halides is 1. The van der Waals surface area contributed by atoms with Crippen LogP contribution in [0, 0.1) is 29.1 Å². The molecule has 8 heteroatoms. The molecule has 0 saturated carbocycles. The first kappa shape index (κ1) is 13.4. The first-order valence-electron chi connectivity index (χ1n) is 3.68. The number of thioether (sulfide) groups is 1. The van der Waals surface area contributed by atoms with E-state index in [1.165, 1.54) is 0 Å². The lowest BCUT2D eigenvalue weighted by molar-refractivity contribution is -0.108. The summed E-state index contributed by atoms with van der Waals surface area (Å²) in [5.41, 5.74) is 0. The first-order chi connectivity index (χ1) is 7.40. The Kier molecular flexibility index (Phi) is 4.31. The average Bonchev–Trinajstić information content (AvgIpc) is 2.29. The van der Waals surface area contributed by atoms with Crippen molar-refractivity contribution in [3.05, 3.63) is 29.1 Å². The molecule has 0 heterocycles. The molecule has 0 bridgehead atoms. The highest BCUT2D eigenvalue weighted by Gasteiger charge is 2.27. The Morgan fingerprint density at radius 3 is 1.69 bits per heavy atom. The molecule has 0 unspecified atom stereocenters. The molecule has 1 aromatic carbocycles. The van der Waals surface area contributed by atoms with Crippen LogP contribution in [-0.2, 0) is 4.79 Å². The number of hydrogen-bond acceptors (Lipinski definition) is 2. The number of rotatable bonds is 2. The maximum Gasteiger partial charge on any atom is 0.204 e. The quantitative estimate of drug-likeness (QED) is 0.273. The monoisotopic (exact) mass is 320 g/mol. The molecule has 0 aliphatic rings. The molecule has 0 amide bonds. The van der Waals surface area contributed by atoms with E-state index in [0.717, 1.165) is 0 Å². The van der Waals surface area contributed by atoms with Gasteiger partial charge in [0.1, 0.15) is 0 Å². The summed E-state index contributed by atoms with van der Waals surface area (Å²) in [5.74, 6) is -10.4. The number of carbonyl (C=O) groups excluding carboxylic acids is 1. The van der Waals surface area contributed by atoms with Crippen molar-refractivity contribution in [3.8, 4) is 0 Å². The molecule has 0 saturated heterocycles. The molecule has 0 N–H and O–H groups in total. The Hall–Kier alpha value is -0.630. The molecule has 0 aliphatic heterocycles. The van der Waals surface area contributed by atoms with Crippen molar-refractivity contribution < 1.29 is 26.7 Å². The first-order valence-corrected chi connectivity index (χ1v) is 5.62. The Morgan fingerprint density at radius 2 is 1.31 bits per heavy atom. The van der Waals surface area contributed by atoms with Crippen LogP contribution in [0.5, 0.6) is 0 Å². The third kappa shape index (κ3) is 2.37. The number of halogens is 6. The van der Waals surface area contributed by atoms with Crippen molar-refractivity contribution in [2.24, 2.45) is 0 Å². The van der Waals surface area contributed by atoms with Crippen LogP contribution in [0.2, 0.25) is 0 Å². The summed E-state index contributed by atoms with van der Waals surface area (Å²) in [7, 11) is 0. The van der Waals surface area contributed by atoms with E-state index in [1.807, 2.05) is 0 Å². The van der Waals surface area contributed by atoms with Gasteiger partial charge in [0.25, 0.3) is 0 Å². The lowest BCUT2D eigenvalue weighted by Gasteiger charge is -2.05. The zero-order chi connectivity index (χ0) is 12.5. The van der Waals surface area contributed by atoms with Crippen LogP contribution in [-0.4, -0.2) is 10.4 Å². The molecule has 0 aromatic heterocycles. The topological polar surface area (TPSA) is 17.1 Å². The Bertz CT molecular complexity index is 422. The van der Waals surface area contributed by atoms with Crippen LogP contribution in [0.4, 0.5) is 22.0 Å². The van der Waals surface area contributed by atoms with Gasteiger partial charge in [0.2, 0.25) is 10.9 Å². The SMILES string of the molecule is O=C(CBr)Sc1c(F)c(F)c(F)c(F)c1F. The zero-order valence-corrected chi connectivity index (χ0v) is 9.69. The number of carbonyl (C=O) groups is 1. The highest BCUT2D eigenvalue weighted by atomic mass is 79.9. The van der Waals surface area contributed by atoms with Crippen molar-refractivity contribution in [1.82, 2.24) is 0 Å². The standard InChI is InChI=1S/C8H2BrF5OS/c9-1-2(15)16-8-6(13)4(11)3(10)5(12)7(8)14/h1H2. The second kappa shape index (κ2) is 5.13. The predicted molar refractivity (Wildman–Crippen MR) is 50.9 cm³/mol. The third-order valence-electron chi connectivity index (χ3n) is 1.49. The van der Waals surface area contributed by atoms with Crippen molar-refractivity contribution in [2.75, 3.05) is 5.33 Å². The Labute approximate surface area is 99.1 Å². The maximum absolute atomic E-state index is 13.0. The van der Waals surface area contributed by atoms with Gasteiger partial charge in [0.05, 0.1) is 10.2 Å². The van der Waals surface area contributed by atoms with E-state index >= 15 is 0 Å². The molecule has 1 nitrogen and oxygen atoms in total. The van der Waals surface area contributed by atoms with Crippen LogP contribution in [0.1, 0.15) is 0 Å². The largest absolute Gasteiger partial charge is 0.286 e. The summed E-state index contributed by atoms with van der Waals surface area (Å²) >= 11 is 2.65. The van der Waals surface area contributed by atoms with Gasteiger partial charge < -0.3 is 0 Å². The van der Waals surface area contributed by atoms with E-state index in [-0.39, 0.29) is 17.1 Å². The van der Waals surface area contributed by atoms with Gasteiger partial charge in [0, 0.05) is 0 Å². The molecular formula is C8H2BrF5OS.